The van der Waals surface area contributed by atoms with E-state index >= 15 is 0 Å². The van der Waals surface area contributed by atoms with Gasteiger partial charge in [-0.15, -0.1) is 0 Å². The molecule has 4 rings (SSSR count). The van der Waals surface area contributed by atoms with Crippen LogP contribution in [0.1, 0.15) is 63.3 Å². The van der Waals surface area contributed by atoms with E-state index in [2.05, 4.69) is 20.2 Å². The summed E-state index contributed by atoms with van der Waals surface area (Å²) in [4.78, 5) is 9.18. The van der Waals surface area contributed by atoms with Gasteiger partial charge in [0.25, 0.3) is 0 Å². The number of H-pyrrole nitrogens is 2. The van der Waals surface area contributed by atoms with E-state index in [0.29, 0.717) is 35.6 Å². The van der Waals surface area contributed by atoms with Crippen LogP contribution in [-0.2, 0) is 23.2 Å². The summed E-state index contributed by atoms with van der Waals surface area (Å²) < 4.78 is 77.8. The lowest BCUT2D eigenvalue weighted by molar-refractivity contribution is -0.142. The first-order valence-corrected chi connectivity index (χ1v) is 11.8. The first-order valence-electron chi connectivity index (χ1n) is 11.8. The van der Waals surface area contributed by atoms with Crippen LogP contribution < -0.4 is 0 Å². The summed E-state index contributed by atoms with van der Waals surface area (Å²) in [6.45, 7) is 7.97. The highest BCUT2D eigenvalue weighted by atomic mass is 19.4. The molecule has 0 aliphatic heterocycles. The molecular weight excluding hydrogens is 510 g/mol. The number of aromatic nitrogens is 6. The highest BCUT2D eigenvalue weighted by Gasteiger charge is 2.35. The largest absolute Gasteiger partial charge is 0.432 e. The van der Waals surface area contributed by atoms with Crippen LogP contribution in [-0.4, -0.2) is 30.4 Å². The molecule has 0 aliphatic rings. The van der Waals surface area contributed by atoms with Crippen LogP contribution in [0.2, 0.25) is 0 Å². The van der Waals surface area contributed by atoms with Crippen molar-refractivity contribution < 1.29 is 26.3 Å². The number of pyridine rings is 2. The Labute approximate surface area is 214 Å². The average Bonchev–Trinajstić information content (AvgIpc) is 3.54. The van der Waals surface area contributed by atoms with Gasteiger partial charge in [0.05, 0.1) is 11.4 Å². The van der Waals surface area contributed by atoms with E-state index in [1.165, 1.54) is 0 Å². The highest BCUT2D eigenvalue weighted by molar-refractivity contribution is 5.56. The number of nitrogens with one attached hydrogen (secondary N) is 2. The molecule has 38 heavy (non-hydrogen) atoms. The Morgan fingerprint density at radius 2 is 0.947 bits per heavy atom. The van der Waals surface area contributed by atoms with E-state index in [1.54, 1.807) is 24.3 Å². The third-order valence-electron chi connectivity index (χ3n) is 6.55. The highest BCUT2D eigenvalue weighted by Crippen LogP contribution is 2.37. The van der Waals surface area contributed by atoms with Crippen LogP contribution in [0.15, 0.2) is 48.5 Å². The number of rotatable bonds is 7. The molecule has 0 spiro atoms. The van der Waals surface area contributed by atoms with E-state index in [1.807, 2.05) is 50.0 Å². The molecule has 6 nitrogen and oxygen atoms in total. The van der Waals surface area contributed by atoms with E-state index in [-0.39, 0.29) is 11.4 Å². The maximum atomic E-state index is 13.0. The Kier molecular flexibility index (Phi) is 6.87. The van der Waals surface area contributed by atoms with Crippen molar-refractivity contribution in [2.45, 2.75) is 63.7 Å². The zero-order valence-electron chi connectivity index (χ0n) is 21.1. The Morgan fingerprint density at radius 3 is 1.26 bits per heavy atom. The van der Waals surface area contributed by atoms with E-state index in [9.17, 15) is 26.3 Å². The zero-order chi connectivity index (χ0) is 27.9. The molecule has 0 amide bonds. The molecule has 4 aromatic heterocycles. The van der Waals surface area contributed by atoms with Gasteiger partial charge in [-0.1, -0.05) is 39.8 Å². The molecule has 4 aromatic rings. The number of alkyl halides is 6. The monoisotopic (exact) mass is 536 g/mol. The molecule has 0 fully saturated rings. The van der Waals surface area contributed by atoms with Crippen molar-refractivity contribution >= 4 is 0 Å². The van der Waals surface area contributed by atoms with Gasteiger partial charge in [-0.25, -0.2) is 0 Å². The third-order valence-corrected chi connectivity index (χ3v) is 6.55. The SMILES string of the molecule is CC(C)(CCC(C)(C)c1cccc(-c2cc(C(F)(F)F)[nH]n2)n1)c1cccc(-c2cc(C(F)(F)F)[nH]n2)n1. The average molecular weight is 537 g/mol. The summed E-state index contributed by atoms with van der Waals surface area (Å²) in [7, 11) is 0. The van der Waals surface area contributed by atoms with Gasteiger partial charge in [-0.2, -0.15) is 36.5 Å². The minimum atomic E-state index is -4.53. The van der Waals surface area contributed by atoms with Gasteiger partial charge >= 0.3 is 12.4 Å². The molecule has 0 atom stereocenters. The van der Waals surface area contributed by atoms with Crippen molar-refractivity contribution in [2.24, 2.45) is 0 Å². The lowest BCUT2D eigenvalue weighted by Crippen LogP contribution is -2.26. The van der Waals surface area contributed by atoms with Crippen molar-refractivity contribution in [3.05, 3.63) is 71.3 Å². The summed E-state index contributed by atoms with van der Waals surface area (Å²) in [5.41, 5.74) is -0.538. The van der Waals surface area contributed by atoms with Gasteiger partial charge in [0.2, 0.25) is 0 Å². The van der Waals surface area contributed by atoms with E-state index in [0.717, 1.165) is 12.1 Å². The summed E-state index contributed by atoms with van der Waals surface area (Å²) in [5, 5.41) is 11.5. The maximum absolute atomic E-state index is 13.0. The second-order valence-corrected chi connectivity index (χ2v) is 10.4. The molecule has 0 radical (unpaired) electrons. The van der Waals surface area contributed by atoms with E-state index < -0.39 is 34.6 Å². The lowest BCUT2D eigenvalue weighted by atomic mass is 9.75. The predicted molar refractivity (Wildman–Crippen MR) is 129 cm³/mol. The second-order valence-electron chi connectivity index (χ2n) is 10.4. The first kappa shape index (κ1) is 27.3. The second kappa shape index (κ2) is 9.55. The van der Waals surface area contributed by atoms with Crippen LogP contribution >= 0.6 is 0 Å². The third kappa shape index (κ3) is 5.89. The Hall–Kier alpha value is -3.70. The summed E-state index contributed by atoms with van der Waals surface area (Å²) in [5.74, 6) is 0. The molecule has 2 N–H and O–H groups in total. The van der Waals surface area contributed by atoms with Gasteiger partial charge < -0.3 is 0 Å². The fraction of sp³-hybridized carbons (Fsp3) is 0.385. The number of halogens is 6. The molecule has 0 aliphatic carbocycles. The van der Waals surface area contributed by atoms with Crippen molar-refractivity contribution in [1.29, 1.82) is 0 Å². The lowest BCUT2D eigenvalue weighted by Gasteiger charge is -2.31. The van der Waals surface area contributed by atoms with Crippen LogP contribution in [0.3, 0.4) is 0 Å². The van der Waals surface area contributed by atoms with Crippen LogP contribution in [0.5, 0.6) is 0 Å². The summed E-state index contributed by atoms with van der Waals surface area (Å²) in [6.07, 6.45) is -7.76. The van der Waals surface area contributed by atoms with Crippen molar-refractivity contribution in [3.8, 4) is 22.8 Å². The first-order chi connectivity index (χ1) is 17.6. The maximum Gasteiger partial charge on any atom is 0.432 e. The molecule has 0 saturated carbocycles. The van der Waals surface area contributed by atoms with E-state index in [4.69, 9.17) is 0 Å². The van der Waals surface area contributed by atoms with Gasteiger partial charge in [0.15, 0.2) is 0 Å². The smallest absolute Gasteiger partial charge is 0.273 e. The molecule has 4 heterocycles. The molecule has 0 saturated heterocycles. The minimum Gasteiger partial charge on any atom is -0.273 e. The molecule has 202 valence electrons. The molecule has 0 aromatic carbocycles. The number of nitrogens with zero attached hydrogens (tertiary/aromatic N) is 4. The number of hydrogen-bond acceptors (Lipinski definition) is 4. The van der Waals surface area contributed by atoms with Gasteiger partial charge in [-0.05, 0) is 49.2 Å². The minimum absolute atomic E-state index is 0.100. The normalized spacial score (nSPS) is 13.2. The molecular formula is C26H26F6N6. The van der Waals surface area contributed by atoms with Gasteiger partial charge in [-0.3, -0.25) is 20.2 Å². The number of hydrogen-bond donors (Lipinski definition) is 2. The summed E-state index contributed by atoms with van der Waals surface area (Å²) in [6, 6.07) is 12.2. The quantitative estimate of drug-likeness (QED) is 0.242. The Bertz CT molecular complexity index is 1310. The van der Waals surface area contributed by atoms with Crippen LogP contribution in [0.4, 0.5) is 26.3 Å². The zero-order valence-corrected chi connectivity index (χ0v) is 21.1. The molecule has 12 heteroatoms. The molecule has 0 unspecified atom stereocenters. The van der Waals surface area contributed by atoms with Crippen molar-refractivity contribution in [3.63, 3.8) is 0 Å². The van der Waals surface area contributed by atoms with Crippen LogP contribution in [0.25, 0.3) is 22.8 Å². The fourth-order valence-electron chi connectivity index (χ4n) is 3.99. The topological polar surface area (TPSA) is 83.1 Å². The van der Waals surface area contributed by atoms with Gasteiger partial charge in [0.1, 0.15) is 22.8 Å². The Morgan fingerprint density at radius 1 is 0.579 bits per heavy atom. The predicted octanol–water partition coefficient (Wildman–Crippen LogP) is 7.33. The Balaban J connectivity index is 1.51. The standard InChI is InChI=1S/C26H26F6N6/c1-23(2,19-9-5-7-15(33-19)17-13-21(37-35-17)25(27,28)29)11-12-24(3,4)20-10-6-8-16(34-20)18-14-22(38-36-18)26(30,31)32/h5-10,13-14H,11-12H2,1-4H3,(H,35,37)(H,36,38). The fourth-order valence-corrected chi connectivity index (χ4v) is 3.99. The van der Waals surface area contributed by atoms with Crippen molar-refractivity contribution in [2.75, 3.05) is 0 Å². The van der Waals surface area contributed by atoms with Gasteiger partial charge in [0, 0.05) is 22.2 Å². The number of aromatic amines is 2. The molecule has 0 bridgehead atoms. The summed E-state index contributed by atoms with van der Waals surface area (Å²) >= 11 is 0. The van der Waals surface area contributed by atoms with Crippen LogP contribution in [0, 0.1) is 0 Å². The van der Waals surface area contributed by atoms with Crippen molar-refractivity contribution in [1.82, 2.24) is 30.4 Å².